The second kappa shape index (κ2) is 8.37. The van der Waals surface area contributed by atoms with Gasteiger partial charge >= 0.3 is 11.9 Å². The third kappa shape index (κ3) is 3.78. The topological polar surface area (TPSA) is 119 Å². The number of fused-ring (bicyclic) bond motifs is 2. The Hall–Kier alpha value is -1.51. The van der Waals surface area contributed by atoms with Gasteiger partial charge in [-0.2, -0.15) is 0 Å². The number of carbonyl (C=O) groups is 3. The van der Waals surface area contributed by atoms with Crippen LogP contribution in [0.2, 0.25) is 0 Å². The van der Waals surface area contributed by atoms with E-state index < -0.39 is 52.0 Å². The molecule has 0 bridgehead atoms. The predicted octanol–water partition coefficient (Wildman–Crippen LogP) is 2.17. The van der Waals surface area contributed by atoms with Crippen molar-refractivity contribution in [3.63, 3.8) is 0 Å². The van der Waals surface area contributed by atoms with Crippen molar-refractivity contribution >= 4 is 17.7 Å². The number of carbonyl (C=O) groups excluding carboxylic acids is 3. The summed E-state index contributed by atoms with van der Waals surface area (Å²) < 4.78 is 17.3. The zero-order chi connectivity index (χ0) is 24.1. The van der Waals surface area contributed by atoms with Gasteiger partial charge in [0.15, 0.2) is 5.78 Å². The molecule has 3 rings (SSSR count). The minimum absolute atomic E-state index is 0.0811. The molecular weight excluding hydrogens is 416 g/mol. The Balaban J connectivity index is 2.00. The van der Waals surface area contributed by atoms with E-state index in [9.17, 15) is 24.6 Å². The van der Waals surface area contributed by atoms with Crippen LogP contribution < -0.4 is 0 Å². The lowest BCUT2D eigenvalue weighted by Gasteiger charge is -2.65. The summed E-state index contributed by atoms with van der Waals surface area (Å²) in [6.45, 7) is 10.4. The van der Waals surface area contributed by atoms with E-state index in [-0.39, 0.29) is 25.0 Å². The summed E-state index contributed by atoms with van der Waals surface area (Å²) in [6, 6.07) is 0. The van der Waals surface area contributed by atoms with Crippen LogP contribution in [0.15, 0.2) is 0 Å². The fraction of sp³-hybridized carbons (Fsp3) is 0.875. The average Bonchev–Trinajstić information content (AvgIpc) is 3.06. The highest BCUT2D eigenvalue weighted by molar-refractivity contribution is 5.88. The van der Waals surface area contributed by atoms with Gasteiger partial charge in [0.05, 0.1) is 30.5 Å². The van der Waals surface area contributed by atoms with Gasteiger partial charge in [-0.25, -0.2) is 0 Å². The van der Waals surface area contributed by atoms with Crippen molar-refractivity contribution in [3.8, 4) is 0 Å². The Morgan fingerprint density at radius 2 is 1.69 bits per heavy atom. The molecule has 182 valence electrons. The molecule has 2 aliphatic carbocycles. The quantitative estimate of drug-likeness (QED) is 0.607. The first-order valence-electron chi connectivity index (χ1n) is 11.6. The van der Waals surface area contributed by atoms with Crippen molar-refractivity contribution in [2.24, 2.45) is 22.7 Å². The monoisotopic (exact) mass is 454 g/mol. The normalized spacial score (nSPS) is 46.1. The van der Waals surface area contributed by atoms with E-state index in [1.807, 2.05) is 20.8 Å². The van der Waals surface area contributed by atoms with Crippen molar-refractivity contribution in [1.29, 1.82) is 0 Å². The van der Waals surface area contributed by atoms with Crippen molar-refractivity contribution in [3.05, 3.63) is 0 Å². The van der Waals surface area contributed by atoms with Gasteiger partial charge in [-0.05, 0) is 32.6 Å². The Bertz CT molecular complexity index is 782. The van der Waals surface area contributed by atoms with Crippen LogP contribution in [0.3, 0.4) is 0 Å². The molecule has 0 aromatic rings. The second-order valence-electron chi connectivity index (χ2n) is 10.8. The molecular formula is C24H38O8. The third-order valence-electron chi connectivity index (χ3n) is 8.77. The summed E-state index contributed by atoms with van der Waals surface area (Å²) in [5.41, 5.74) is -3.05. The Morgan fingerprint density at radius 1 is 1.06 bits per heavy atom. The van der Waals surface area contributed by atoms with Gasteiger partial charge < -0.3 is 24.4 Å². The van der Waals surface area contributed by atoms with Crippen LogP contribution in [0.1, 0.15) is 73.6 Å². The number of hydrogen-bond donors (Lipinski definition) is 2. The zero-order valence-electron chi connectivity index (χ0n) is 20.1. The zero-order valence-corrected chi connectivity index (χ0v) is 20.1. The van der Waals surface area contributed by atoms with Crippen LogP contribution in [0.4, 0.5) is 0 Å². The standard InChI is InChI=1S/C24H38O8/c1-14-18(28)19(29)20-22(5,13-31-16(3)26)17(27)7-8-23(20,6)24(14)10-9-21(4,32-24)11-12-30-15(2)25/h14,17,19-20,27,29H,7-13H2,1-6H3/t14-,17-,19-,20+,21+,22+,23+,24-/m1/s1. The third-order valence-corrected chi connectivity index (χ3v) is 8.77. The first kappa shape index (κ1) is 25.1. The van der Waals surface area contributed by atoms with Crippen LogP contribution >= 0.6 is 0 Å². The summed E-state index contributed by atoms with van der Waals surface area (Å²) in [5, 5.41) is 22.2. The smallest absolute Gasteiger partial charge is 0.302 e. The molecule has 0 unspecified atom stereocenters. The number of esters is 2. The van der Waals surface area contributed by atoms with Crippen molar-refractivity contribution in [2.45, 2.75) is 97.1 Å². The number of rotatable bonds is 5. The molecule has 3 aliphatic rings. The van der Waals surface area contributed by atoms with Crippen molar-refractivity contribution < 1.29 is 38.8 Å². The van der Waals surface area contributed by atoms with Crippen LogP contribution in [-0.2, 0) is 28.6 Å². The fourth-order valence-electron chi connectivity index (χ4n) is 6.91. The number of hydrogen-bond acceptors (Lipinski definition) is 8. The predicted molar refractivity (Wildman–Crippen MR) is 114 cm³/mol. The van der Waals surface area contributed by atoms with E-state index in [2.05, 4.69) is 0 Å². The largest absolute Gasteiger partial charge is 0.466 e. The molecule has 0 aromatic carbocycles. The van der Waals surface area contributed by atoms with Crippen molar-refractivity contribution in [1.82, 2.24) is 0 Å². The van der Waals surface area contributed by atoms with Crippen LogP contribution in [-0.4, -0.2) is 64.6 Å². The van der Waals surface area contributed by atoms with Gasteiger partial charge in [-0.3, -0.25) is 14.4 Å². The van der Waals surface area contributed by atoms with E-state index in [0.717, 1.165) is 0 Å². The first-order valence-corrected chi connectivity index (χ1v) is 11.6. The number of aliphatic hydroxyl groups is 2. The van der Waals surface area contributed by atoms with Gasteiger partial charge in [-0.15, -0.1) is 0 Å². The number of Topliss-reactive ketones (excluding diaryl/α,β-unsaturated/α-hetero) is 1. The van der Waals surface area contributed by atoms with Crippen LogP contribution in [0.5, 0.6) is 0 Å². The molecule has 0 radical (unpaired) electrons. The van der Waals surface area contributed by atoms with Gasteiger partial charge in [0.1, 0.15) is 6.10 Å². The maximum Gasteiger partial charge on any atom is 0.302 e. The van der Waals surface area contributed by atoms with Gasteiger partial charge in [0, 0.05) is 42.9 Å². The molecule has 8 nitrogen and oxygen atoms in total. The summed E-state index contributed by atoms with van der Waals surface area (Å²) in [7, 11) is 0. The molecule has 8 atom stereocenters. The van der Waals surface area contributed by atoms with Gasteiger partial charge in [0.2, 0.25) is 0 Å². The maximum atomic E-state index is 13.3. The minimum atomic E-state index is -1.28. The molecule has 1 spiro atoms. The van der Waals surface area contributed by atoms with Crippen LogP contribution in [0, 0.1) is 22.7 Å². The molecule has 0 amide bonds. The molecule has 3 fully saturated rings. The molecule has 1 heterocycles. The fourth-order valence-corrected chi connectivity index (χ4v) is 6.91. The molecule has 0 aromatic heterocycles. The van der Waals surface area contributed by atoms with E-state index in [1.165, 1.54) is 13.8 Å². The van der Waals surface area contributed by atoms with Gasteiger partial charge in [-0.1, -0.05) is 20.8 Å². The molecule has 2 saturated carbocycles. The Kier molecular flexibility index (Phi) is 6.57. The Labute approximate surface area is 190 Å². The maximum absolute atomic E-state index is 13.3. The summed E-state index contributed by atoms with van der Waals surface area (Å²) in [4.78, 5) is 36.1. The molecule has 2 N–H and O–H groups in total. The van der Waals surface area contributed by atoms with Crippen LogP contribution in [0.25, 0.3) is 0 Å². The van der Waals surface area contributed by atoms with E-state index >= 15 is 0 Å². The SMILES string of the molecule is CC(=O)OCC[C@]1(C)CC[C@@]2(O1)[C@H](C)C(=O)[C@@H](O)[C@H]1[C@@](C)(COC(C)=O)[C@H](O)CC[C@@]12C. The molecule has 8 heteroatoms. The number of ketones is 1. The lowest BCUT2D eigenvalue weighted by molar-refractivity contribution is -0.276. The van der Waals surface area contributed by atoms with E-state index in [4.69, 9.17) is 14.2 Å². The Morgan fingerprint density at radius 3 is 2.28 bits per heavy atom. The second-order valence-corrected chi connectivity index (χ2v) is 10.8. The summed E-state index contributed by atoms with van der Waals surface area (Å²) >= 11 is 0. The average molecular weight is 455 g/mol. The van der Waals surface area contributed by atoms with Crippen molar-refractivity contribution in [2.75, 3.05) is 13.2 Å². The molecule has 32 heavy (non-hydrogen) atoms. The van der Waals surface area contributed by atoms with Gasteiger partial charge in [0.25, 0.3) is 0 Å². The highest BCUT2D eigenvalue weighted by atomic mass is 16.5. The molecule has 1 aliphatic heterocycles. The minimum Gasteiger partial charge on any atom is -0.466 e. The number of aliphatic hydroxyl groups excluding tert-OH is 2. The summed E-state index contributed by atoms with van der Waals surface area (Å²) in [6.07, 6.45) is 0.726. The highest BCUT2D eigenvalue weighted by Crippen LogP contribution is 2.67. The molecule has 1 saturated heterocycles. The number of ether oxygens (including phenoxy) is 3. The lowest BCUT2D eigenvalue weighted by atomic mass is 9.42. The van der Waals surface area contributed by atoms with E-state index in [1.54, 1.807) is 6.92 Å². The lowest BCUT2D eigenvalue weighted by Crippen LogP contribution is -2.72. The summed E-state index contributed by atoms with van der Waals surface area (Å²) in [5.74, 6) is -2.30. The van der Waals surface area contributed by atoms with E-state index in [0.29, 0.717) is 32.1 Å². The first-order chi connectivity index (χ1) is 14.7. The highest BCUT2D eigenvalue weighted by Gasteiger charge is 2.73.